The molecular weight excluding hydrogens is 232 g/mol. The molecule has 0 saturated heterocycles. The highest BCUT2D eigenvalue weighted by atomic mass is 32.1. The lowest BCUT2D eigenvalue weighted by atomic mass is 9.74. The van der Waals surface area contributed by atoms with E-state index in [1.54, 1.807) is 7.11 Å². The van der Waals surface area contributed by atoms with E-state index < -0.39 is 0 Å². The molecule has 4 heteroatoms. The van der Waals surface area contributed by atoms with Gasteiger partial charge >= 0.3 is 0 Å². The molecule has 1 aliphatic rings. The Bertz CT molecular complexity index is 358. The van der Waals surface area contributed by atoms with Crippen LogP contribution in [0.3, 0.4) is 0 Å². The summed E-state index contributed by atoms with van der Waals surface area (Å²) in [5.41, 5.74) is 1.25. The van der Waals surface area contributed by atoms with E-state index in [1.807, 2.05) is 11.3 Å². The van der Waals surface area contributed by atoms with Crippen LogP contribution in [0, 0.1) is 13.8 Å². The maximum Gasteiger partial charge on any atom is 0.113 e. The van der Waals surface area contributed by atoms with E-state index >= 15 is 0 Å². The molecule has 96 valence electrons. The van der Waals surface area contributed by atoms with Gasteiger partial charge in [0.25, 0.3) is 0 Å². The van der Waals surface area contributed by atoms with Crippen LogP contribution in [0.1, 0.15) is 41.8 Å². The van der Waals surface area contributed by atoms with Crippen molar-refractivity contribution >= 4 is 11.3 Å². The van der Waals surface area contributed by atoms with E-state index in [1.165, 1.54) is 15.6 Å². The van der Waals surface area contributed by atoms with Crippen LogP contribution in [0.4, 0.5) is 0 Å². The first-order chi connectivity index (χ1) is 8.11. The van der Waals surface area contributed by atoms with Gasteiger partial charge in [0.1, 0.15) is 5.01 Å². The highest BCUT2D eigenvalue weighted by molar-refractivity contribution is 7.11. The van der Waals surface area contributed by atoms with Crippen LogP contribution in [0.5, 0.6) is 0 Å². The largest absolute Gasteiger partial charge is 0.381 e. The van der Waals surface area contributed by atoms with Gasteiger partial charge in [-0.3, -0.25) is 0 Å². The predicted molar refractivity (Wildman–Crippen MR) is 71.6 cm³/mol. The summed E-state index contributed by atoms with van der Waals surface area (Å²) in [5.74, 6) is 0. The second-order valence-corrected chi connectivity index (χ2v) is 6.14. The quantitative estimate of drug-likeness (QED) is 0.877. The summed E-state index contributed by atoms with van der Waals surface area (Å²) >= 11 is 1.83. The fraction of sp³-hybridized carbons (Fsp3) is 0.769. The van der Waals surface area contributed by atoms with E-state index in [0.29, 0.717) is 6.10 Å². The Labute approximate surface area is 108 Å². The molecule has 3 nitrogen and oxygen atoms in total. The van der Waals surface area contributed by atoms with Crippen LogP contribution in [-0.2, 0) is 10.3 Å². The zero-order valence-corrected chi connectivity index (χ0v) is 12.0. The molecule has 2 rings (SSSR count). The number of rotatable bonds is 5. The Morgan fingerprint density at radius 2 is 2.18 bits per heavy atom. The zero-order chi connectivity index (χ0) is 12.5. The zero-order valence-electron chi connectivity index (χ0n) is 11.2. The second kappa shape index (κ2) is 5.04. The number of aromatic nitrogens is 1. The molecule has 0 unspecified atom stereocenters. The first-order valence-corrected chi connectivity index (χ1v) is 7.15. The lowest BCUT2D eigenvalue weighted by Crippen LogP contribution is -2.55. The van der Waals surface area contributed by atoms with Gasteiger partial charge in [-0.2, -0.15) is 0 Å². The number of hydrogen-bond acceptors (Lipinski definition) is 4. The van der Waals surface area contributed by atoms with Crippen molar-refractivity contribution in [3.8, 4) is 0 Å². The molecule has 1 aromatic heterocycles. The summed E-state index contributed by atoms with van der Waals surface area (Å²) in [4.78, 5) is 6.06. The third-order valence-electron chi connectivity index (χ3n) is 3.64. The van der Waals surface area contributed by atoms with Crippen LogP contribution < -0.4 is 5.32 Å². The monoisotopic (exact) mass is 254 g/mol. The number of ether oxygens (including phenoxy) is 1. The standard InChI is InChI=1S/C13H22N2OS/c1-5-6-14-13(7-11(8-13)16-4)12-15-9(2)10(3)17-12/h11,14H,5-8H2,1-4H3. The molecule has 0 aliphatic heterocycles. The number of aryl methyl sites for hydroxylation is 2. The molecule has 0 radical (unpaired) electrons. The van der Waals surface area contributed by atoms with Crippen LogP contribution in [-0.4, -0.2) is 24.7 Å². The van der Waals surface area contributed by atoms with E-state index in [-0.39, 0.29) is 5.54 Å². The first-order valence-electron chi connectivity index (χ1n) is 6.33. The van der Waals surface area contributed by atoms with Gasteiger partial charge in [0.15, 0.2) is 0 Å². The Kier molecular flexibility index (Phi) is 3.85. The van der Waals surface area contributed by atoms with E-state index in [2.05, 4.69) is 26.1 Å². The highest BCUT2D eigenvalue weighted by Crippen LogP contribution is 2.44. The molecule has 1 N–H and O–H groups in total. The number of thiazole rings is 1. The fourth-order valence-electron chi connectivity index (χ4n) is 2.32. The molecule has 0 aromatic carbocycles. The molecule has 0 spiro atoms. The lowest BCUT2D eigenvalue weighted by Gasteiger charge is -2.46. The lowest BCUT2D eigenvalue weighted by molar-refractivity contribution is -0.0330. The van der Waals surface area contributed by atoms with Crippen LogP contribution in [0.25, 0.3) is 0 Å². The van der Waals surface area contributed by atoms with Crippen molar-refractivity contribution in [2.45, 2.75) is 51.7 Å². The van der Waals surface area contributed by atoms with Crippen molar-refractivity contribution in [3.05, 3.63) is 15.6 Å². The van der Waals surface area contributed by atoms with Crippen LogP contribution >= 0.6 is 11.3 Å². The smallest absolute Gasteiger partial charge is 0.113 e. The normalized spacial score (nSPS) is 28.1. The molecule has 0 bridgehead atoms. The average molecular weight is 254 g/mol. The van der Waals surface area contributed by atoms with Gasteiger partial charge in [-0.05, 0) is 39.7 Å². The Morgan fingerprint density at radius 1 is 1.47 bits per heavy atom. The van der Waals surface area contributed by atoms with Gasteiger partial charge < -0.3 is 10.1 Å². The second-order valence-electron chi connectivity index (χ2n) is 4.94. The molecule has 1 aliphatic carbocycles. The van der Waals surface area contributed by atoms with Crippen molar-refractivity contribution in [3.63, 3.8) is 0 Å². The van der Waals surface area contributed by atoms with Gasteiger partial charge in [0.2, 0.25) is 0 Å². The summed E-state index contributed by atoms with van der Waals surface area (Å²) in [6.45, 7) is 7.49. The van der Waals surface area contributed by atoms with E-state index in [4.69, 9.17) is 9.72 Å². The van der Waals surface area contributed by atoms with Gasteiger partial charge in [-0.15, -0.1) is 11.3 Å². The van der Waals surface area contributed by atoms with Crippen LogP contribution in [0.15, 0.2) is 0 Å². The first kappa shape index (κ1) is 13.0. The maximum atomic E-state index is 5.42. The third-order valence-corrected chi connectivity index (χ3v) is 4.91. The van der Waals surface area contributed by atoms with E-state index in [0.717, 1.165) is 25.8 Å². The Balaban J connectivity index is 2.16. The molecule has 1 saturated carbocycles. The van der Waals surface area contributed by atoms with E-state index in [9.17, 15) is 0 Å². The number of methoxy groups -OCH3 is 1. The highest BCUT2D eigenvalue weighted by Gasteiger charge is 2.47. The molecular formula is C13H22N2OS. The predicted octanol–water partition coefficient (Wildman–Crippen LogP) is 2.76. The van der Waals surface area contributed by atoms with Crippen molar-refractivity contribution < 1.29 is 4.74 Å². The van der Waals surface area contributed by atoms with Crippen molar-refractivity contribution in [2.75, 3.05) is 13.7 Å². The minimum absolute atomic E-state index is 0.0837. The summed E-state index contributed by atoms with van der Waals surface area (Å²) in [5, 5.41) is 4.92. The van der Waals surface area contributed by atoms with Crippen molar-refractivity contribution in [1.29, 1.82) is 0 Å². The molecule has 1 fully saturated rings. The maximum absolute atomic E-state index is 5.42. The third kappa shape index (κ3) is 2.39. The summed E-state index contributed by atoms with van der Waals surface area (Å²) in [6.07, 6.45) is 3.65. The van der Waals surface area contributed by atoms with Gasteiger partial charge in [0.05, 0.1) is 17.3 Å². The number of nitrogens with one attached hydrogen (secondary N) is 1. The molecule has 1 aromatic rings. The Hall–Kier alpha value is -0.450. The Morgan fingerprint density at radius 3 is 2.65 bits per heavy atom. The van der Waals surface area contributed by atoms with Crippen molar-refractivity contribution in [1.82, 2.24) is 10.3 Å². The number of hydrogen-bond donors (Lipinski definition) is 1. The van der Waals surface area contributed by atoms with Crippen molar-refractivity contribution in [2.24, 2.45) is 0 Å². The summed E-state index contributed by atoms with van der Waals surface area (Å²) in [7, 11) is 1.80. The van der Waals surface area contributed by atoms with Gasteiger partial charge in [-0.25, -0.2) is 4.98 Å². The van der Waals surface area contributed by atoms with Gasteiger partial charge in [-0.1, -0.05) is 6.92 Å². The van der Waals surface area contributed by atoms with Gasteiger partial charge in [0, 0.05) is 12.0 Å². The fourth-order valence-corrected chi connectivity index (χ4v) is 3.42. The molecule has 0 atom stereocenters. The minimum Gasteiger partial charge on any atom is -0.381 e. The topological polar surface area (TPSA) is 34.2 Å². The summed E-state index contributed by atoms with van der Waals surface area (Å²) in [6, 6.07) is 0. The molecule has 0 amide bonds. The van der Waals surface area contributed by atoms with Crippen LogP contribution in [0.2, 0.25) is 0 Å². The number of nitrogens with zero attached hydrogens (tertiary/aromatic N) is 1. The molecule has 1 heterocycles. The average Bonchev–Trinajstić information content (AvgIpc) is 2.58. The summed E-state index contributed by atoms with van der Waals surface area (Å²) < 4.78 is 5.42. The molecule has 17 heavy (non-hydrogen) atoms. The SMILES string of the molecule is CCCNC1(c2nc(C)c(C)s2)CC(OC)C1. The minimum atomic E-state index is 0.0837.